The Morgan fingerprint density at radius 3 is 2.17 bits per heavy atom. The van der Waals surface area contributed by atoms with E-state index in [0.717, 1.165) is 51.3 Å². The van der Waals surface area contributed by atoms with Crippen LogP contribution in [-0.2, 0) is 6.42 Å². The highest BCUT2D eigenvalue weighted by molar-refractivity contribution is 6.08. The number of nitrogens with one attached hydrogen (secondary N) is 1. The van der Waals surface area contributed by atoms with Gasteiger partial charge in [-0.05, 0) is 96.2 Å². The quantitative estimate of drug-likeness (QED) is 0.0883. The summed E-state index contributed by atoms with van der Waals surface area (Å²) in [7, 11) is 0. The highest BCUT2D eigenvalue weighted by Crippen LogP contribution is 2.41. The van der Waals surface area contributed by atoms with Gasteiger partial charge in [0.25, 0.3) is 0 Å². The minimum atomic E-state index is 0.786. The summed E-state index contributed by atoms with van der Waals surface area (Å²) in [5.41, 5.74) is 13.2. The maximum Gasteiger partial charge on any atom is 0.0540 e. The summed E-state index contributed by atoms with van der Waals surface area (Å²) in [4.78, 5) is 2.33. The summed E-state index contributed by atoms with van der Waals surface area (Å²) in [5, 5.41) is 10.2. The van der Waals surface area contributed by atoms with Gasteiger partial charge in [0, 0.05) is 28.5 Å². The first kappa shape index (κ1) is 35.0. The molecule has 0 bridgehead atoms. The Morgan fingerprint density at radius 2 is 1.48 bits per heavy atom. The molecule has 238 valence electrons. The van der Waals surface area contributed by atoms with Gasteiger partial charge in [0.1, 0.15) is 0 Å². The van der Waals surface area contributed by atoms with Crippen LogP contribution in [0.2, 0.25) is 0 Å². The molecule has 0 aliphatic rings. The molecule has 0 heterocycles. The fourth-order valence-corrected chi connectivity index (χ4v) is 6.04. The SMILES string of the molecule is C#C.C=C/C=C(\C=C/Cc1cc(C)c(C)c(N(C(=C)c2ccc(/C(C=N)=C/C)cc2C)c2cccc3ccccc23)c1)c1ccccc1. The van der Waals surface area contributed by atoms with Gasteiger partial charge < -0.3 is 10.3 Å². The number of terminal acetylenes is 1. The van der Waals surface area contributed by atoms with Crippen LogP contribution in [0.3, 0.4) is 0 Å². The van der Waals surface area contributed by atoms with Gasteiger partial charge in [0.05, 0.1) is 5.69 Å². The van der Waals surface area contributed by atoms with E-state index in [4.69, 9.17) is 12.0 Å². The van der Waals surface area contributed by atoms with Crippen molar-refractivity contribution >= 4 is 45.2 Å². The molecule has 0 aliphatic carbocycles. The van der Waals surface area contributed by atoms with Crippen LogP contribution in [0.25, 0.3) is 27.6 Å². The van der Waals surface area contributed by atoms with E-state index in [-0.39, 0.29) is 0 Å². The van der Waals surface area contributed by atoms with Gasteiger partial charge in [-0.1, -0.05) is 135 Å². The van der Waals surface area contributed by atoms with E-state index in [9.17, 15) is 0 Å². The predicted octanol–water partition coefficient (Wildman–Crippen LogP) is 12.2. The summed E-state index contributed by atoms with van der Waals surface area (Å²) in [6.07, 6.45) is 20.5. The summed E-state index contributed by atoms with van der Waals surface area (Å²) in [6, 6.07) is 36.4. The van der Waals surface area contributed by atoms with Crippen LogP contribution < -0.4 is 4.90 Å². The van der Waals surface area contributed by atoms with Gasteiger partial charge in [0.2, 0.25) is 0 Å². The molecule has 5 aromatic rings. The lowest BCUT2D eigenvalue weighted by atomic mass is 9.95. The van der Waals surface area contributed by atoms with E-state index in [2.05, 4.69) is 160 Å². The Morgan fingerprint density at radius 1 is 0.771 bits per heavy atom. The van der Waals surface area contributed by atoms with E-state index in [1.54, 1.807) is 0 Å². The number of aryl methyl sites for hydroxylation is 2. The second-order valence-electron chi connectivity index (χ2n) is 11.6. The average molecular weight is 625 g/mol. The molecule has 0 unspecified atom stereocenters. The monoisotopic (exact) mass is 624 g/mol. The first-order chi connectivity index (χ1) is 23.4. The van der Waals surface area contributed by atoms with Crippen LogP contribution in [0.15, 0.2) is 147 Å². The Balaban J connectivity index is 0.00000255. The fraction of sp³-hybridized carbons (Fsp3) is 0.109. The molecule has 0 atom stereocenters. The van der Waals surface area contributed by atoms with Crippen molar-refractivity contribution in [3.63, 3.8) is 0 Å². The lowest BCUT2D eigenvalue weighted by molar-refractivity contribution is 1.18. The van der Waals surface area contributed by atoms with Crippen molar-refractivity contribution in [3.8, 4) is 12.8 Å². The molecule has 0 saturated carbocycles. The summed E-state index contributed by atoms with van der Waals surface area (Å²) in [6.45, 7) is 17.2. The molecular weight excluding hydrogens is 581 g/mol. The third kappa shape index (κ3) is 7.72. The van der Waals surface area contributed by atoms with E-state index in [1.807, 2.05) is 25.1 Å². The normalized spacial score (nSPS) is 11.5. The van der Waals surface area contributed by atoms with Crippen molar-refractivity contribution in [3.05, 3.63) is 186 Å². The standard InChI is InChI=1S/C44H42N2.C2H2/c1-7-16-37(38-18-10-9-11-19-38)21-14-17-35-27-31(3)33(5)44(29-35)46(43-24-15-22-39-20-12-13-23-42(39)43)34(6)41-26-25-40(28-32(41)4)36(8-2)30-45;1-2/h7-16,18-30,45H,1,6,17H2,2-5H3;1-2H/b21-14-,36-8+,37-16+,45-30?;. The molecule has 0 radical (unpaired) electrons. The van der Waals surface area contributed by atoms with Gasteiger partial charge in [-0.15, -0.1) is 12.8 Å². The highest BCUT2D eigenvalue weighted by Gasteiger charge is 2.21. The lowest BCUT2D eigenvalue weighted by Crippen LogP contribution is -2.18. The molecular formula is C46H44N2. The molecule has 2 heteroatoms. The minimum absolute atomic E-state index is 0.786. The molecule has 0 fully saturated rings. The zero-order valence-corrected chi connectivity index (χ0v) is 28.5. The molecule has 48 heavy (non-hydrogen) atoms. The molecule has 0 amide bonds. The van der Waals surface area contributed by atoms with Crippen LogP contribution in [0.5, 0.6) is 0 Å². The zero-order chi connectivity index (χ0) is 34.6. The van der Waals surface area contributed by atoms with E-state index < -0.39 is 0 Å². The van der Waals surface area contributed by atoms with Gasteiger partial charge in [-0.2, -0.15) is 0 Å². The number of anilines is 2. The Hall–Kier alpha value is -5.91. The van der Waals surface area contributed by atoms with Crippen molar-refractivity contribution in [1.29, 1.82) is 5.41 Å². The fourth-order valence-electron chi connectivity index (χ4n) is 6.04. The highest BCUT2D eigenvalue weighted by atomic mass is 15.2. The van der Waals surface area contributed by atoms with E-state index in [0.29, 0.717) is 0 Å². The number of hydrogen-bond donors (Lipinski definition) is 1. The summed E-state index contributed by atoms with van der Waals surface area (Å²) < 4.78 is 0. The predicted molar refractivity (Wildman–Crippen MR) is 212 cm³/mol. The van der Waals surface area contributed by atoms with Crippen LogP contribution >= 0.6 is 0 Å². The van der Waals surface area contributed by atoms with Crippen molar-refractivity contribution in [2.75, 3.05) is 4.90 Å². The first-order valence-electron chi connectivity index (χ1n) is 16.1. The van der Waals surface area contributed by atoms with Gasteiger partial charge in [-0.3, -0.25) is 0 Å². The molecule has 0 spiro atoms. The zero-order valence-electron chi connectivity index (χ0n) is 28.5. The molecule has 1 N–H and O–H groups in total. The van der Waals surface area contributed by atoms with Gasteiger partial charge in [0.15, 0.2) is 0 Å². The topological polar surface area (TPSA) is 27.1 Å². The Bertz CT molecular complexity index is 2050. The van der Waals surface area contributed by atoms with Crippen molar-refractivity contribution in [2.24, 2.45) is 0 Å². The molecule has 0 aliphatic heterocycles. The number of allylic oxidation sites excluding steroid dienone is 7. The molecule has 2 nitrogen and oxygen atoms in total. The first-order valence-corrected chi connectivity index (χ1v) is 16.1. The maximum absolute atomic E-state index is 7.84. The molecule has 5 aromatic carbocycles. The molecule has 0 aromatic heterocycles. The van der Waals surface area contributed by atoms with Crippen LogP contribution in [-0.4, -0.2) is 6.21 Å². The second kappa shape index (κ2) is 16.6. The average Bonchev–Trinajstić information content (AvgIpc) is 3.12. The van der Waals surface area contributed by atoms with Crippen LogP contribution in [0.4, 0.5) is 11.4 Å². The summed E-state index contributed by atoms with van der Waals surface area (Å²) >= 11 is 0. The Kier molecular flexibility index (Phi) is 12.1. The van der Waals surface area contributed by atoms with Crippen molar-refractivity contribution < 1.29 is 0 Å². The smallest absolute Gasteiger partial charge is 0.0540 e. The number of nitrogens with zero attached hydrogens (tertiary/aromatic N) is 1. The third-order valence-electron chi connectivity index (χ3n) is 8.61. The minimum Gasteiger partial charge on any atom is -0.310 e. The lowest BCUT2D eigenvalue weighted by Gasteiger charge is -2.32. The number of hydrogen-bond acceptors (Lipinski definition) is 2. The number of rotatable bonds is 11. The number of benzene rings is 5. The van der Waals surface area contributed by atoms with Gasteiger partial charge in [-0.25, -0.2) is 0 Å². The van der Waals surface area contributed by atoms with Gasteiger partial charge >= 0.3 is 0 Å². The van der Waals surface area contributed by atoms with Crippen molar-refractivity contribution in [2.45, 2.75) is 34.1 Å². The second-order valence-corrected chi connectivity index (χ2v) is 11.6. The van der Waals surface area contributed by atoms with Crippen LogP contribution in [0.1, 0.15) is 45.9 Å². The van der Waals surface area contributed by atoms with Crippen LogP contribution in [0, 0.1) is 39.0 Å². The molecule has 5 rings (SSSR count). The molecule has 0 saturated heterocycles. The van der Waals surface area contributed by atoms with Crippen molar-refractivity contribution in [1.82, 2.24) is 0 Å². The number of fused-ring (bicyclic) bond motifs is 1. The summed E-state index contributed by atoms with van der Waals surface area (Å²) in [5.74, 6) is 0. The maximum atomic E-state index is 7.84. The van der Waals surface area contributed by atoms with E-state index >= 15 is 0 Å². The van der Waals surface area contributed by atoms with E-state index in [1.165, 1.54) is 39.2 Å². The third-order valence-corrected chi connectivity index (χ3v) is 8.61. The largest absolute Gasteiger partial charge is 0.310 e. The Labute approximate surface area is 287 Å².